The number of sulfonamides is 1. The number of methoxy groups -OCH3 is 1. The summed E-state index contributed by atoms with van der Waals surface area (Å²) in [6.07, 6.45) is 0. The third kappa shape index (κ3) is 4.15. The lowest BCUT2D eigenvalue weighted by atomic mass is 9.88. The zero-order valence-corrected chi connectivity index (χ0v) is 21.2. The average molecular weight is 516 g/mol. The maximum atomic E-state index is 14.3. The van der Waals surface area contributed by atoms with Crippen molar-refractivity contribution in [1.82, 2.24) is 0 Å². The molecule has 2 aliphatic rings. The van der Waals surface area contributed by atoms with Crippen molar-refractivity contribution in [2.24, 2.45) is 5.73 Å². The number of nitrogens with zero attached hydrogens (tertiary/aromatic N) is 2. The minimum atomic E-state index is -4.16. The lowest BCUT2D eigenvalue weighted by Gasteiger charge is -2.38. The SMILES string of the molecule is CCOc1ccc([C@@H]2C(C#N)=C(N)OC3=C2S(=O)(=O)N(Cc2cccc(OC)c2)c2ccccc23)cc1. The van der Waals surface area contributed by atoms with E-state index in [0.717, 1.165) is 5.56 Å². The van der Waals surface area contributed by atoms with Crippen LogP contribution in [0.1, 0.15) is 29.5 Å². The maximum absolute atomic E-state index is 14.3. The molecule has 0 saturated heterocycles. The molecule has 0 aromatic heterocycles. The van der Waals surface area contributed by atoms with Crippen LogP contribution in [0.15, 0.2) is 89.2 Å². The predicted octanol–water partition coefficient (Wildman–Crippen LogP) is 4.62. The summed E-state index contributed by atoms with van der Waals surface area (Å²) in [5.41, 5.74) is 8.59. The van der Waals surface area contributed by atoms with Crippen LogP contribution in [0.5, 0.6) is 11.5 Å². The molecule has 0 radical (unpaired) electrons. The molecule has 37 heavy (non-hydrogen) atoms. The Hall–Kier alpha value is -4.42. The first-order chi connectivity index (χ1) is 17.9. The highest BCUT2D eigenvalue weighted by atomic mass is 32.2. The van der Waals surface area contributed by atoms with Crippen molar-refractivity contribution in [1.29, 1.82) is 5.26 Å². The number of benzene rings is 3. The van der Waals surface area contributed by atoms with E-state index in [1.807, 2.05) is 19.1 Å². The van der Waals surface area contributed by atoms with Crippen LogP contribution >= 0.6 is 0 Å². The number of fused-ring (bicyclic) bond motifs is 2. The predicted molar refractivity (Wildman–Crippen MR) is 140 cm³/mol. The van der Waals surface area contributed by atoms with Gasteiger partial charge in [0.2, 0.25) is 5.88 Å². The van der Waals surface area contributed by atoms with Crippen molar-refractivity contribution < 1.29 is 22.6 Å². The molecule has 9 heteroatoms. The molecular formula is C28H25N3O5S. The van der Waals surface area contributed by atoms with Crippen molar-refractivity contribution in [3.05, 3.63) is 106 Å². The Kier molecular flexibility index (Phi) is 6.27. The summed E-state index contributed by atoms with van der Waals surface area (Å²) in [6.45, 7) is 2.43. The quantitative estimate of drug-likeness (QED) is 0.509. The summed E-state index contributed by atoms with van der Waals surface area (Å²) in [5, 5.41) is 10.0. The Morgan fingerprint density at radius 3 is 2.51 bits per heavy atom. The van der Waals surface area contributed by atoms with E-state index < -0.39 is 15.9 Å². The molecule has 3 aromatic rings. The molecule has 0 spiro atoms. The number of nitriles is 1. The van der Waals surface area contributed by atoms with Crippen molar-refractivity contribution in [2.45, 2.75) is 19.4 Å². The minimum absolute atomic E-state index is 0.0241. The fourth-order valence-electron chi connectivity index (χ4n) is 4.67. The van der Waals surface area contributed by atoms with Crippen LogP contribution in [-0.2, 0) is 21.3 Å². The van der Waals surface area contributed by atoms with E-state index in [0.29, 0.717) is 34.9 Å². The second kappa shape index (κ2) is 9.56. The second-order valence-corrected chi connectivity index (χ2v) is 10.3. The molecular weight excluding hydrogens is 490 g/mol. The first-order valence-corrected chi connectivity index (χ1v) is 13.1. The van der Waals surface area contributed by atoms with Crippen LogP contribution in [-0.4, -0.2) is 22.1 Å². The number of nitrogens with two attached hydrogens (primary N) is 1. The highest BCUT2D eigenvalue weighted by Gasteiger charge is 2.47. The number of para-hydroxylation sites is 1. The highest BCUT2D eigenvalue weighted by molar-refractivity contribution is 7.96. The van der Waals surface area contributed by atoms with E-state index in [1.165, 1.54) is 4.31 Å². The van der Waals surface area contributed by atoms with Crippen molar-refractivity contribution in [3.63, 3.8) is 0 Å². The number of hydrogen-bond donors (Lipinski definition) is 1. The summed E-state index contributed by atoms with van der Waals surface area (Å²) in [6, 6.07) is 23.4. The third-order valence-electron chi connectivity index (χ3n) is 6.34. The lowest BCUT2D eigenvalue weighted by Crippen LogP contribution is -2.39. The molecule has 0 amide bonds. The van der Waals surface area contributed by atoms with Crippen LogP contribution in [0.25, 0.3) is 5.76 Å². The average Bonchev–Trinajstić information content (AvgIpc) is 2.91. The minimum Gasteiger partial charge on any atom is -0.497 e. The number of anilines is 1. The molecule has 0 aliphatic carbocycles. The largest absolute Gasteiger partial charge is 0.497 e. The van der Waals surface area contributed by atoms with E-state index in [2.05, 4.69) is 6.07 Å². The first-order valence-electron chi connectivity index (χ1n) is 11.7. The van der Waals surface area contributed by atoms with Crippen molar-refractivity contribution in [3.8, 4) is 17.6 Å². The maximum Gasteiger partial charge on any atom is 0.265 e. The standard InChI is InChI=1S/C28H25N3O5S/c1-3-35-20-13-11-19(12-14-20)25-23(16-29)28(30)36-26-22-9-4-5-10-24(22)31(37(32,33)27(25)26)17-18-7-6-8-21(15-18)34-2/h4-15,25H,3,17,30H2,1-2H3/t25-/m1/s1. The van der Waals surface area contributed by atoms with Crippen LogP contribution in [0.3, 0.4) is 0 Å². The molecule has 1 atom stereocenters. The van der Waals surface area contributed by atoms with Crippen molar-refractivity contribution >= 4 is 21.5 Å². The Labute approximate surface area is 215 Å². The van der Waals surface area contributed by atoms with E-state index in [4.69, 9.17) is 19.9 Å². The van der Waals surface area contributed by atoms with E-state index >= 15 is 0 Å². The number of ether oxygens (including phenoxy) is 3. The fraction of sp³-hybridized carbons (Fsp3) is 0.179. The summed E-state index contributed by atoms with van der Waals surface area (Å²) >= 11 is 0. The molecule has 2 heterocycles. The van der Waals surface area contributed by atoms with E-state index in [1.54, 1.807) is 67.8 Å². The van der Waals surface area contributed by atoms with Gasteiger partial charge in [0.15, 0.2) is 5.76 Å². The van der Waals surface area contributed by atoms with Crippen LogP contribution in [0.4, 0.5) is 5.69 Å². The highest BCUT2D eigenvalue weighted by Crippen LogP contribution is 2.51. The molecule has 188 valence electrons. The molecule has 0 saturated carbocycles. The van der Waals surface area contributed by atoms with Gasteiger partial charge in [-0.1, -0.05) is 36.4 Å². The van der Waals surface area contributed by atoms with Gasteiger partial charge in [0, 0.05) is 5.56 Å². The van der Waals surface area contributed by atoms with Gasteiger partial charge in [-0.25, -0.2) is 8.42 Å². The summed E-state index contributed by atoms with van der Waals surface area (Å²) < 4.78 is 46.8. The zero-order valence-electron chi connectivity index (χ0n) is 20.3. The molecule has 0 unspecified atom stereocenters. The topological polar surface area (TPSA) is 115 Å². The van der Waals surface area contributed by atoms with Crippen LogP contribution in [0.2, 0.25) is 0 Å². The normalized spacial score (nSPS) is 17.9. The van der Waals surface area contributed by atoms with Gasteiger partial charge in [-0.05, 0) is 54.4 Å². The molecule has 8 nitrogen and oxygen atoms in total. The molecule has 2 N–H and O–H groups in total. The molecule has 3 aromatic carbocycles. The Morgan fingerprint density at radius 2 is 1.81 bits per heavy atom. The first kappa shape index (κ1) is 24.3. The van der Waals surface area contributed by atoms with E-state index in [9.17, 15) is 13.7 Å². The summed E-state index contributed by atoms with van der Waals surface area (Å²) in [7, 11) is -2.61. The number of hydrogen-bond acceptors (Lipinski definition) is 7. The van der Waals surface area contributed by atoms with Gasteiger partial charge >= 0.3 is 0 Å². The molecule has 0 bridgehead atoms. The van der Waals surface area contributed by atoms with Gasteiger partial charge in [0.1, 0.15) is 28.0 Å². The van der Waals surface area contributed by atoms with Crippen molar-refractivity contribution in [2.75, 3.05) is 18.0 Å². The van der Waals surface area contributed by atoms with Gasteiger partial charge in [-0.3, -0.25) is 4.31 Å². The molecule has 0 fully saturated rings. The van der Waals surface area contributed by atoms with Gasteiger partial charge < -0.3 is 19.9 Å². The monoisotopic (exact) mass is 515 g/mol. The number of rotatable bonds is 6. The Bertz CT molecular complexity index is 1570. The Balaban J connectivity index is 1.70. The van der Waals surface area contributed by atoms with E-state index in [-0.39, 0.29) is 28.7 Å². The molecule has 2 aliphatic heterocycles. The summed E-state index contributed by atoms with van der Waals surface area (Å²) in [4.78, 5) is -0.0241. The second-order valence-electron chi connectivity index (χ2n) is 8.50. The summed E-state index contributed by atoms with van der Waals surface area (Å²) in [5.74, 6) is 0.324. The van der Waals surface area contributed by atoms with Crippen LogP contribution < -0.4 is 19.5 Å². The van der Waals surface area contributed by atoms with Gasteiger partial charge in [0.25, 0.3) is 10.0 Å². The fourth-order valence-corrected chi connectivity index (χ4v) is 6.58. The van der Waals surface area contributed by atoms with Crippen LogP contribution in [0, 0.1) is 11.3 Å². The van der Waals surface area contributed by atoms with Gasteiger partial charge in [0.05, 0.1) is 31.9 Å². The third-order valence-corrected chi connectivity index (χ3v) is 8.23. The molecule has 5 rings (SSSR count). The lowest BCUT2D eigenvalue weighted by molar-refractivity contribution is 0.340. The zero-order chi connectivity index (χ0) is 26.2. The Morgan fingerprint density at radius 1 is 1.05 bits per heavy atom. The smallest absolute Gasteiger partial charge is 0.265 e. The number of allylic oxidation sites excluding steroid dienone is 2. The van der Waals surface area contributed by atoms with Gasteiger partial charge in [-0.2, -0.15) is 5.26 Å². The van der Waals surface area contributed by atoms with Gasteiger partial charge in [-0.15, -0.1) is 0 Å².